The highest BCUT2D eigenvalue weighted by Crippen LogP contribution is 2.38. The van der Waals surface area contributed by atoms with Crippen molar-refractivity contribution in [2.24, 2.45) is 0 Å². The second-order valence-corrected chi connectivity index (χ2v) is 5.55. The van der Waals surface area contributed by atoms with Gasteiger partial charge in [-0.2, -0.15) is 0 Å². The van der Waals surface area contributed by atoms with Gasteiger partial charge in [-0.25, -0.2) is 4.98 Å². The number of aromatic amines is 1. The molecular weight excluding hydrogens is 298 g/mol. The lowest BCUT2D eigenvalue weighted by Gasteiger charge is -2.28. The summed E-state index contributed by atoms with van der Waals surface area (Å²) in [5, 5.41) is 29.2. The zero-order chi connectivity index (χ0) is 15.3. The number of nitrogen functional groups attached to an aromatic ring is 1. The molecule has 6 N–H and O–H groups in total. The van der Waals surface area contributed by atoms with Crippen LogP contribution in [0.4, 0.5) is 17.5 Å². The third-order valence-electron chi connectivity index (χ3n) is 3.75. The van der Waals surface area contributed by atoms with Gasteiger partial charge >= 0.3 is 0 Å². The molecule has 0 saturated carbocycles. The van der Waals surface area contributed by atoms with Gasteiger partial charge < -0.3 is 40.6 Å². The Morgan fingerprint density at radius 1 is 1.48 bits per heavy atom. The summed E-state index contributed by atoms with van der Waals surface area (Å²) in [6.07, 6.45) is -3.95. The minimum atomic E-state index is -1.16. The molecule has 0 spiro atoms. The van der Waals surface area contributed by atoms with Gasteiger partial charge in [0.2, 0.25) is 0 Å². The summed E-state index contributed by atoms with van der Waals surface area (Å²) in [5.74, 6) is 0.732. The molecule has 1 saturated heterocycles. The van der Waals surface area contributed by atoms with Crippen molar-refractivity contribution in [2.45, 2.75) is 24.5 Å². The molecule has 0 radical (unpaired) electrons. The summed E-state index contributed by atoms with van der Waals surface area (Å²) in [6.45, 7) is 0.00690. The predicted molar refractivity (Wildman–Crippen MR) is 77.3 cm³/mol. The molecule has 9 nitrogen and oxygen atoms in total. The number of anilines is 3. The summed E-state index contributed by atoms with van der Waals surface area (Å²) in [7, 11) is 1.82. The Kier molecular flexibility index (Phi) is 3.50. The van der Waals surface area contributed by atoms with Crippen molar-refractivity contribution >= 4 is 29.7 Å². The normalized spacial score (nSPS) is 31.8. The lowest BCUT2D eigenvalue weighted by Crippen LogP contribution is -2.45. The smallest absolute Gasteiger partial charge is 0.200 e. The first kappa shape index (κ1) is 14.5. The number of aromatic nitrogens is 2. The second-order valence-electron chi connectivity index (χ2n) is 5.16. The molecule has 3 heterocycles. The number of fused-ring (bicyclic) bond motifs is 1. The number of aliphatic hydroxyl groups excluding tert-OH is 3. The van der Waals surface area contributed by atoms with Crippen molar-refractivity contribution in [3.63, 3.8) is 0 Å². The molecule has 2 aliphatic rings. The fraction of sp³-hybridized carbons (Fsp3) is 0.636. The molecule has 116 valence electrons. The first-order chi connectivity index (χ1) is 9.93. The molecule has 1 aromatic rings. The van der Waals surface area contributed by atoms with E-state index in [1.54, 1.807) is 4.90 Å². The molecule has 0 amide bonds. The van der Waals surface area contributed by atoms with Gasteiger partial charge in [-0.1, -0.05) is 12.2 Å². The lowest BCUT2D eigenvalue weighted by molar-refractivity contribution is -0.0221. The van der Waals surface area contributed by atoms with Crippen LogP contribution < -0.4 is 15.5 Å². The molecule has 1 unspecified atom stereocenters. The molecule has 0 aromatic carbocycles. The Balaban J connectivity index is 1.99. The van der Waals surface area contributed by atoms with Crippen LogP contribution >= 0.6 is 12.2 Å². The SMILES string of the molecule is CN1CN(C2O[C@H](CO)[C@@H](O)[C@H]2O)c2[nH]c(N)nc(=S)c21. The molecule has 21 heavy (non-hydrogen) atoms. The number of nitrogens with zero attached hydrogens (tertiary/aromatic N) is 3. The fourth-order valence-corrected chi connectivity index (χ4v) is 3.09. The number of nitrogens with one attached hydrogen (secondary N) is 1. The zero-order valence-electron chi connectivity index (χ0n) is 11.3. The van der Waals surface area contributed by atoms with Crippen LogP contribution in [0.1, 0.15) is 0 Å². The van der Waals surface area contributed by atoms with Crippen LogP contribution in [0.2, 0.25) is 0 Å². The molecular formula is C11H17N5O4S. The van der Waals surface area contributed by atoms with E-state index in [0.29, 0.717) is 22.8 Å². The highest BCUT2D eigenvalue weighted by atomic mass is 32.1. The van der Waals surface area contributed by atoms with E-state index in [9.17, 15) is 15.3 Å². The van der Waals surface area contributed by atoms with Crippen LogP contribution in [0.25, 0.3) is 0 Å². The van der Waals surface area contributed by atoms with Crippen LogP contribution in [0, 0.1) is 4.64 Å². The summed E-state index contributed by atoms with van der Waals surface area (Å²) in [6, 6.07) is 0. The number of nitrogens with two attached hydrogens (primary N) is 1. The number of hydrogen-bond acceptors (Lipinski definition) is 9. The van der Waals surface area contributed by atoms with Gasteiger partial charge in [-0.3, -0.25) is 0 Å². The average molecular weight is 315 g/mol. The van der Waals surface area contributed by atoms with E-state index in [-0.39, 0.29) is 12.6 Å². The molecule has 0 bridgehead atoms. The van der Waals surface area contributed by atoms with Crippen LogP contribution in [-0.4, -0.2) is 70.2 Å². The van der Waals surface area contributed by atoms with Gasteiger partial charge in [0.05, 0.1) is 13.3 Å². The van der Waals surface area contributed by atoms with Gasteiger partial charge in [-0.15, -0.1) is 0 Å². The van der Waals surface area contributed by atoms with Crippen molar-refractivity contribution in [1.82, 2.24) is 9.97 Å². The molecule has 1 fully saturated rings. The lowest BCUT2D eigenvalue weighted by atomic mass is 10.1. The minimum Gasteiger partial charge on any atom is -0.394 e. The largest absolute Gasteiger partial charge is 0.394 e. The van der Waals surface area contributed by atoms with Gasteiger partial charge in [0.15, 0.2) is 16.8 Å². The van der Waals surface area contributed by atoms with Crippen molar-refractivity contribution in [3.05, 3.63) is 4.64 Å². The van der Waals surface area contributed by atoms with Crippen molar-refractivity contribution in [3.8, 4) is 0 Å². The van der Waals surface area contributed by atoms with E-state index in [2.05, 4.69) is 9.97 Å². The van der Waals surface area contributed by atoms with E-state index < -0.39 is 24.5 Å². The quantitative estimate of drug-likeness (QED) is 0.408. The van der Waals surface area contributed by atoms with E-state index >= 15 is 0 Å². The van der Waals surface area contributed by atoms with E-state index in [0.717, 1.165) is 0 Å². The summed E-state index contributed by atoms with van der Waals surface area (Å²) in [5.41, 5.74) is 6.36. The van der Waals surface area contributed by atoms with Gasteiger partial charge in [0.25, 0.3) is 0 Å². The first-order valence-corrected chi connectivity index (χ1v) is 6.85. The fourth-order valence-electron chi connectivity index (χ4n) is 2.74. The van der Waals surface area contributed by atoms with Crippen LogP contribution in [-0.2, 0) is 4.74 Å². The van der Waals surface area contributed by atoms with Gasteiger partial charge in [-0.05, 0) is 0 Å². The van der Waals surface area contributed by atoms with Crippen LogP contribution in [0.15, 0.2) is 0 Å². The highest BCUT2D eigenvalue weighted by molar-refractivity contribution is 7.71. The predicted octanol–water partition coefficient (Wildman–Crippen LogP) is -1.63. The second kappa shape index (κ2) is 5.07. The molecule has 0 aliphatic carbocycles. The Bertz CT molecular complexity index is 611. The van der Waals surface area contributed by atoms with Crippen LogP contribution in [0.5, 0.6) is 0 Å². The first-order valence-electron chi connectivity index (χ1n) is 6.44. The Morgan fingerprint density at radius 2 is 2.19 bits per heavy atom. The molecule has 1 aromatic heterocycles. The van der Waals surface area contributed by atoms with Crippen molar-refractivity contribution in [2.75, 3.05) is 35.9 Å². The zero-order valence-corrected chi connectivity index (χ0v) is 12.1. The highest BCUT2D eigenvalue weighted by Gasteiger charge is 2.47. The maximum Gasteiger partial charge on any atom is 0.200 e. The van der Waals surface area contributed by atoms with Crippen LogP contribution in [0.3, 0.4) is 0 Å². The summed E-state index contributed by atoms with van der Waals surface area (Å²) < 4.78 is 5.88. The molecule has 10 heteroatoms. The van der Waals surface area contributed by atoms with Gasteiger partial charge in [0, 0.05) is 7.05 Å². The van der Waals surface area contributed by atoms with Crippen molar-refractivity contribution in [1.29, 1.82) is 0 Å². The summed E-state index contributed by atoms with van der Waals surface area (Å²) >= 11 is 5.20. The molecule has 2 aliphatic heterocycles. The maximum absolute atomic E-state index is 10.1. The van der Waals surface area contributed by atoms with Gasteiger partial charge in [0.1, 0.15) is 29.8 Å². The number of ether oxygens (including phenoxy) is 1. The number of hydrogen-bond donors (Lipinski definition) is 5. The maximum atomic E-state index is 10.1. The molecule has 4 atom stereocenters. The summed E-state index contributed by atoms with van der Waals surface area (Å²) in [4.78, 5) is 10.4. The number of aliphatic hydroxyl groups is 3. The van der Waals surface area contributed by atoms with E-state index in [4.69, 9.17) is 22.7 Å². The Morgan fingerprint density at radius 3 is 2.81 bits per heavy atom. The minimum absolute atomic E-state index is 0.158. The van der Waals surface area contributed by atoms with E-state index in [1.165, 1.54) is 0 Å². The number of H-pyrrole nitrogens is 1. The topological polar surface area (TPSA) is 131 Å². The van der Waals surface area contributed by atoms with E-state index in [1.807, 2.05) is 11.9 Å². The third kappa shape index (κ3) is 2.15. The monoisotopic (exact) mass is 315 g/mol. The number of rotatable bonds is 2. The standard InChI is InChI=1S/C11H17N5O4S/c1-15-3-16(8-5(15)9(21)14-11(12)13-8)10-7(19)6(18)4(2-17)20-10/h4,6-7,10,17-19H,2-3H2,1H3,(H3,12,13,14,21)/t4-,6-,7-,10?/m1/s1. The third-order valence-corrected chi connectivity index (χ3v) is 4.04. The molecule has 3 rings (SSSR count). The average Bonchev–Trinajstić information content (AvgIpc) is 2.89. The Hall–Kier alpha value is -1.46. The van der Waals surface area contributed by atoms with Crippen molar-refractivity contribution < 1.29 is 20.1 Å². The Labute approximate surface area is 125 Å².